The van der Waals surface area contributed by atoms with Gasteiger partial charge in [0.05, 0.1) is 11.2 Å². The molecule has 1 spiro atoms. The molecule has 1 aliphatic carbocycles. The second-order valence-corrected chi connectivity index (χ2v) is 7.96. The van der Waals surface area contributed by atoms with Gasteiger partial charge in [0.25, 0.3) is 0 Å². The van der Waals surface area contributed by atoms with Crippen molar-refractivity contribution in [2.45, 2.75) is 70.2 Å². The standard InChI is InChI=1S/C18H24BNO3/c1-16(2)17(3,4)23-19(22-16)14-11-13-7-10-18(8-5-6-9-18)21-15(13)20-12-14/h7,10-12H,5-6,8-9H2,1-4H3. The normalized spacial score (nSPS) is 26.3. The number of ether oxygens (including phenoxy) is 1. The molecule has 0 aromatic carbocycles. The Labute approximate surface area is 138 Å². The molecule has 4 nitrogen and oxygen atoms in total. The van der Waals surface area contributed by atoms with Crippen LogP contribution in [0, 0.1) is 0 Å². The first-order valence-corrected chi connectivity index (χ1v) is 8.54. The molecule has 0 radical (unpaired) electrons. The number of hydrogen-bond donors (Lipinski definition) is 0. The van der Waals surface area contributed by atoms with Crippen LogP contribution in [0.15, 0.2) is 18.3 Å². The molecule has 4 rings (SSSR count). The van der Waals surface area contributed by atoms with Crippen molar-refractivity contribution < 1.29 is 14.0 Å². The molecule has 0 amide bonds. The first-order valence-electron chi connectivity index (χ1n) is 8.54. The molecule has 23 heavy (non-hydrogen) atoms. The minimum atomic E-state index is -0.381. The average molecular weight is 313 g/mol. The maximum absolute atomic E-state index is 6.20. The van der Waals surface area contributed by atoms with Crippen LogP contribution in [0.5, 0.6) is 5.88 Å². The van der Waals surface area contributed by atoms with E-state index < -0.39 is 0 Å². The van der Waals surface area contributed by atoms with Crippen molar-refractivity contribution in [2.75, 3.05) is 0 Å². The molecular weight excluding hydrogens is 289 g/mol. The van der Waals surface area contributed by atoms with Gasteiger partial charge >= 0.3 is 7.12 Å². The molecule has 1 saturated heterocycles. The highest BCUT2D eigenvalue weighted by atomic mass is 16.7. The summed E-state index contributed by atoms with van der Waals surface area (Å²) in [4.78, 5) is 4.54. The predicted octanol–water partition coefficient (Wildman–Crippen LogP) is 3.10. The monoisotopic (exact) mass is 313 g/mol. The highest BCUT2D eigenvalue weighted by molar-refractivity contribution is 6.62. The van der Waals surface area contributed by atoms with Gasteiger partial charge in [-0.15, -0.1) is 0 Å². The van der Waals surface area contributed by atoms with E-state index >= 15 is 0 Å². The Hall–Kier alpha value is -1.33. The van der Waals surface area contributed by atoms with Crippen LogP contribution in [0.3, 0.4) is 0 Å². The fourth-order valence-corrected chi connectivity index (χ4v) is 3.51. The van der Waals surface area contributed by atoms with Crippen molar-refractivity contribution in [1.29, 1.82) is 0 Å². The summed E-state index contributed by atoms with van der Waals surface area (Å²) in [6.45, 7) is 8.24. The Bertz CT molecular complexity index is 646. The fourth-order valence-electron chi connectivity index (χ4n) is 3.51. The molecule has 1 saturated carbocycles. The van der Waals surface area contributed by atoms with Crippen molar-refractivity contribution in [3.05, 3.63) is 23.9 Å². The van der Waals surface area contributed by atoms with E-state index in [0.29, 0.717) is 0 Å². The van der Waals surface area contributed by atoms with E-state index in [1.165, 1.54) is 12.8 Å². The van der Waals surface area contributed by atoms with Crippen LogP contribution in [0.1, 0.15) is 58.9 Å². The van der Waals surface area contributed by atoms with Gasteiger partial charge in [0.1, 0.15) is 5.60 Å². The molecule has 2 aliphatic heterocycles. The third kappa shape index (κ3) is 2.41. The van der Waals surface area contributed by atoms with Crippen LogP contribution in [0.25, 0.3) is 6.08 Å². The Morgan fingerprint density at radius 1 is 1.04 bits per heavy atom. The number of hydrogen-bond acceptors (Lipinski definition) is 4. The van der Waals surface area contributed by atoms with Crippen LogP contribution in [0.2, 0.25) is 0 Å². The highest BCUT2D eigenvalue weighted by Gasteiger charge is 2.52. The molecule has 122 valence electrons. The summed E-state index contributed by atoms with van der Waals surface area (Å²) in [7, 11) is -0.381. The lowest BCUT2D eigenvalue weighted by molar-refractivity contribution is 0.00578. The van der Waals surface area contributed by atoms with Gasteiger partial charge in [-0.1, -0.05) is 0 Å². The largest absolute Gasteiger partial charge is 0.496 e. The first kappa shape index (κ1) is 15.2. The van der Waals surface area contributed by atoms with Crippen molar-refractivity contribution >= 4 is 18.7 Å². The van der Waals surface area contributed by atoms with Crippen molar-refractivity contribution in [3.63, 3.8) is 0 Å². The van der Waals surface area contributed by atoms with E-state index in [2.05, 4.69) is 50.9 Å². The zero-order chi connectivity index (χ0) is 16.3. The van der Waals surface area contributed by atoms with Gasteiger partial charge in [0.2, 0.25) is 5.88 Å². The first-order chi connectivity index (χ1) is 10.8. The number of rotatable bonds is 1. The molecule has 3 heterocycles. The van der Waals surface area contributed by atoms with E-state index in [-0.39, 0.29) is 23.9 Å². The maximum atomic E-state index is 6.20. The minimum Gasteiger partial charge on any atom is -0.466 e. The molecule has 0 atom stereocenters. The summed E-state index contributed by atoms with van der Waals surface area (Å²) >= 11 is 0. The summed E-state index contributed by atoms with van der Waals surface area (Å²) < 4.78 is 18.4. The fraction of sp³-hybridized carbons (Fsp3) is 0.611. The second kappa shape index (κ2) is 4.84. The topological polar surface area (TPSA) is 40.6 Å². The van der Waals surface area contributed by atoms with Crippen LogP contribution in [0.4, 0.5) is 0 Å². The van der Waals surface area contributed by atoms with Crippen LogP contribution in [-0.2, 0) is 9.31 Å². The smallest absolute Gasteiger partial charge is 0.466 e. The Morgan fingerprint density at radius 3 is 2.35 bits per heavy atom. The van der Waals surface area contributed by atoms with Crippen LogP contribution >= 0.6 is 0 Å². The number of fused-ring (bicyclic) bond motifs is 1. The summed E-state index contributed by atoms with van der Waals surface area (Å²) in [5.41, 5.74) is 1.15. The molecule has 0 bridgehead atoms. The van der Waals surface area contributed by atoms with Gasteiger partial charge in [0, 0.05) is 17.2 Å². The maximum Gasteiger partial charge on any atom is 0.496 e. The number of nitrogens with zero attached hydrogens (tertiary/aromatic N) is 1. The Kier molecular flexibility index (Phi) is 3.20. The third-order valence-corrected chi connectivity index (χ3v) is 5.74. The third-order valence-electron chi connectivity index (χ3n) is 5.74. The lowest BCUT2D eigenvalue weighted by Crippen LogP contribution is -2.41. The van der Waals surface area contributed by atoms with Gasteiger partial charge in [-0.2, -0.15) is 0 Å². The van der Waals surface area contributed by atoms with E-state index in [1.807, 2.05) is 6.20 Å². The number of pyridine rings is 1. The van der Waals surface area contributed by atoms with E-state index in [9.17, 15) is 0 Å². The molecule has 5 heteroatoms. The molecular formula is C18H24BNO3. The molecule has 0 unspecified atom stereocenters. The zero-order valence-electron chi connectivity index (χ0n) is 14.4. The molecule has 1 aromatic rings. The molecule has 0 N–H and O–H groups in total. The van der Waals surface area contributed by atoms with Gasteiger partial charge in [-0.25, -0.2) is 4.98 Å². The van der Waals surface area contributed by atoms with Crippen molar-refractivity contribution in [1.82, 2.24) is 4.98 Å². The minimum absolute atomic E-state index is 0.119. The van der Waals surface area contributed by atoms with Crippen LogP contribution < -0.4 is 10.2 Å². The van der Waals surface area contributed by atoms with Gasteiger partial charge in [-0.3, -0.25) is 0 Å². The van der Waals surface area contributed by atoms with E-state index in [0.717, 1.165) is 29.7 Å². The van der Waals surface area contributed by atoms with Gasteiger partial charge in [0.15, 0.2) is 0 Å². The van der Waals surface area contributed by atoms with Gasteiger partial charge in [-0.05, 0) is 71.6 Å². The SMILES string of the molecule is CC1(C)OB(c2cnc3c(c2)C=CC2(CCCC2)O3)OC1(C)C. The summed E-state index contributed by atoms with van der Waals surface area (Å²) in [5.74, 6) is 0.731. The molecule has 2 fully saturated rings. The van der Waals surface area contributed by atoms with Crippen LogP contribution in [-0.4, -0.2) is 28.9 Å². The quantitative estimate of drug-likeness (QED) is 0.747. The summed E-state index contributed by atoms with van der Waals surface area (Å²) in [6.07, 6.45) is 10.8. The van der Waals surface area contributed by atoms with Crippen molar-refractivity contribution in [3.8, 4) is 5.88 Å². The Morgan fingerprint density at radius 2 is 1.70 bits per heavy atom. The lowest BCUT2D eigenvalue weighted by Gasteiger charge is -2.32. The molecule has 3 aliphatic rings. The van der Waals surface area contributed by atoms with Gasteiger partial charge < -0.3 is 14.0 Å². The summed E-state index contributed by atoms with van der Waals surface area (Å²) in [6, 6.07) is 2.07. The lowest BCUT2D eigenvalue weighted by atomic mass is 9.79. The predicted molar refractivity (Wildman–Crippen MR) is 90.8 cm³/mol. The zero-order valence-corrected chi connectivity index (χ0v) is 14.4. The Balaban J connectivity index is 1.61. The second-order valence-electron chi connectivity index (χ2n) is 7.96. The van der Waals surface area contributed by atoms with E-state index in [4.69, 9.17) is 14.0 Å². The highest BCUT2D eigenvalue weighted by Crippen LogP contribution is 2.40. The van der Waals surface area contributed by atoms with E-state index in [1.54, 1.807) is 0 Å². The number of aromatic nitrogens is 1. The summed E-state index contributed by atoms with van der Waals surface area (Å²) in [5, 5.41) is 0. The van der Waals surface area contributed by atoms with Crippen molar-refractivity contribution in [2.24, 2.45) is 0 Å². The molecule has 1 aromatic heterocycles. The average Bonchev–Trinajstić information content (AvgIpc) is 3.01.